The lowest BCUT2D eigenvalue weighted by Crippen LogP contribution is -2.19. The van der Waals surface area contributed by atoms with Crippen molar-refractivity contribution in [2.45, 2.75) is 6.92 Å². The van der Waals surface area contributed by atoms with Gasteiger partial charge < -0.3 is 18.9 Å². The molecular weight excluding hydrogens is 362 g/mol. The third-order valence-corrected chi connectivity index (χ3v) is 3.83. The van der Waals surface area contributed by atoms with Crippen molar-refractivity contribution < 1.29 is 23.7 Å². The number of nitrogens with one attached hydrogen (secondary N) is 1. The van der Waals surface area contributed by atoms with Crippen molar-refractivity contribution >= 4 is 11.6 Å². The summed E-state index contributed by atoms with van der Waals surface area (Å²) in [6.07, 6.45) is 0. The summed E-state index contributed by atoms with van der Waals surface area (Å²) in [5.74, 6) is 1.31. The minimum absolute atomic E-state index is 0.0166. The van der Waals surface area contributed by atoms with E-state index in [4.69, 9.17) is 24.2 Å². The van der Waals surface area contributed by atoms with Crippen LogP contribution in [0.15, 0.2) is 41.5 Å². The molecule has 1 N–H and O–H groups in total. The SMILES string of the molecule is COc1cc(C(=O)N/N=C(/C)c2ccc(OCC#N)cc2)cc(OC)c1OC. The van der Waals surface area contributed by atoms with Crippen LogP contribution in [0.5, 0.6) is 23.0 Å². The molecule has 0 unspecified atom stereocenters. The average molecular weight is 383 g/mol. The van der Waals surface area contributed by atoms with Crippen LogP contribution in [-0.2, 0) is 0 Å². The van der Waals surface area contributed by atoms with Crippen molar-refractivity contribution in [3.8, 4) is 29.1 Å². The van der Waals surface area contributed by atoms with E-state index < -0.39 is 5.91 Å². The third-order valence-electron chi connectivity index (χ3n) is 3.83. The second-order valence-electron chi connectivity index (χ2n) is 5.52. The van der Waals surface area contributed by atoms with E-state index in [1.165, 1.54) is 21.3 Å². The number of ether oxygens (including phenoxy) is 4. The zero-order chi connectivity index (χ0) is 20.5. The van der Waals surface area contributed by atoms with Gasteiger partial charge in [0.15, 0.2) is 18.1 Å². The lowest BCUT2D eigenvalue weighted by atomic mass is 10.1. The number of hydrogen-bond acceptors (Lipinski definition) is 7. The molecule has 0 aliphatic carbocycles. The molecule has 0 aromatic heterocycles. The van der Waals surface area contributed by atoms with Crippen LogP contribution in [0.4, 0.5) is 0 Å². The predicted octanol–water partition coefficient (Wildman–Crippen LogP) is 2.77. The van der Waals surface area contributed by atoms with Gasteiger partial charge >= 0.3 is 0 Å². The Morgan fingerprint density at radius 3 is 2.14 bits per heavy atom. The van der Waals surface area contributed by atoms with Gasteiger partial charge in [-0.15, -0.1) is 0 Å². The molecule has 28 heavy (non-hydrogen) atoms. The third kappa shape index (κ3) is 4.92. The summed E-state index contributed by atoms with van der Waals surface area (Å²) in [7, 11) is 4.45. The van der Waals surface area contributed by atoms with Gasteiger partial charge in [0.1, 0.15) is 11.8 Å². The monoisotopic (exact) mass is 383 g/mol. The topological polar surface area (TPSA) is 102 Å². The molecule has 1 amide bonds. The Morgan fingerprint density at radius 1 is 1.04 bits per heavy atom. The smallest absolute Gasteiger partial charge is 0.271 e. The van der Waals surface area contributed by atoms with E-state index in [0.29, 0.717) is 34.3 Å². The predicted molar refractivity (Wildman–Crippen MR) is 103 cm³/mol. The number of nitriles is 1. The van der Waals surface area contributed by atoms with Gasteiger partial charge in [-0.2, -0.15) is 10.4 Å². The van der Waals surface area contributed by atoms with Crippen molar-refractivity contribution in [3.63, 3.8) is 0 Å². The van der Waals surface area contributed by atoms with E-state index in [-0.39, 0.29) is 6.61 Å². The Balaban J connectivity index is 2.15. The molecular formula is C20H21N3O5. The molecule has 0 radical (unpaired) electrons. The zero-order valence-corrected chi connectivity index (χ0v) is 16.1. The number of carbonyl (C=O) groups excluding carboxylic acids is 1. The van der Waals surface area contributed by atoms with E-state index in [1.807, 2.05) is 6.07 Å². The number of hydrazone groups is 1. The minimum atomic E-state index is -0.424. The minimum Gasteiger partial charge on any atom is -0.493 e. The van der Waals surface area contributed by atoms with Gasteiger partial charge in [-0.25, -0.2) is 5.43 Å². The van der Waals surface area contributed by atoms with E-state index in [0.717, 1.165) is 5.56 Å². The molecule has 0 fully saturated rings. The number of benzene rings is 2. The van der Waals surface area contributed by atoms with Crippen molar-refractivity contribution in [1.82, 2.24) is 5.43 Å². The first-order valence-corrected chi connectivity index (χ1v) is 8.28. The Labute approximate surface area is 163 Å². The summed E-state index contributed by atoms with van der Waals surface area (Å²) in [6.45, 7) is 1.75. The van der Waals surface area contributed by atoms with Crippen LogP contribution in [-0.4, -0.2) is 39.6 Å². The summed E-state index contributed by atoms with van der Waals surface area (Å²) in [4.78, 5) is 12.5. The fourth-order valence-electron chi connectivity index (χ4n) is 2.38. The van der Waals surface area contributed by atoms with E-state index >= 15 is 0 Å². The molecule has 0 aliphatic rings. The van der Waals surface area contributed by atoms with Crippen LogP contribution in [0.3, 0.4) is 0 Å². The molecule has 2 aromatic rings. The Hall–Kier alpha value is -3.73. The number of carbonyl (C=O) groups is 1. The summed E-state index contributed by atoms with van der Waals surface area (Å²) >= 11 is 0. The number of amides is 1. The molecule has 0 spiro atoms. The molecule has 8 heteroatoms. The van der Waals surface area contributed by atoms with Gasteiger partial charge in [0.25, 0.3) is 5.91 Å². The van der Waals surface area contributed by atoms with Gasteiger partial charge in [-0.05, 0) is 48.9 Å². The summed E-state index contributed by atoms with van der Waals surface area (Å²) in [5.41, 5.74) is 4.23. The van der Waals surface area contributed by atoms with E-state index in [1.54, 1.807) is 43.3 Å². The molecule has 0 atom stereocenters. The lowest BCUT2D eigenvalue weighted by molar-refractivity contribution is 0.0954. The molecule has 0 bridgehead atoms. The van der Waals surface area contributed by atoms with Crippen molar-refractivity contribution in [2.75, 3.05) is 27.9 Å². The Kier molecular flexibility index (Phi) is 7.22. The first-order valence-electron chi connectivity index (χ1n) is 8.28. The lowest BCUT2D eigenvalue weighted by Gasteiger charge is -2.13. The first kappa shape index (κ1) is 20.6. The Bertz CT molecular complexity index is 876. The van der Waals surface area contributed by atoms with Crippen LogP contribution >= 0.6 is 0 Å². The standard InChI is InChI=1S/C20H21N3O5/c1-13(14-5-7-16(8-6-14)28-10-9-21)22-23-20(24)15-11-17(25-2)19(27-4)18(12-15)26-3/h5-8,11-12H,10H2,1-4H3,(H,23,24)/b22-13-. The first-order chi connectivity index (χ1) is 13.5. The molecule has 0 saturated carbocycles. The highest BCUT2D eigenvalue weighted by atomic mass is 16.5. The largest absolute Gasteiger partial charge is 0.493 e. The summed E-state index contributed by atoms with van der Waals surface area (Å²) in [5, 5.41) is 12.7. The average Bonchev–Trinajstić information content (AvgIpc) is 2.74. The van der Waals surface area contributed by atoms with E-state index in [9.17, 15) is 4.79 Å². The highest BCUT2D eigenvalue weighted by Crippen LogP contribution is 2.38. The van der Waals surface area contributed by atoms with Gasteiger partial charge in [0, 0.05) is 5.56 Å². The number of rotatable bonds is 8. The fraction of sp³-hybridized carbons (Fsp3) is 0.250. The number of methoxy groups -OCH3 is 3. The number of hydrogen-bond donors (Lipinski definition) is 1. The summed E-state index contributed by atoms with van der Waals surface area (Å²) < 4.78 is 21.0. The maximum atomic E-state index is 12.5. The zero-order valence-electron chi connectivity index (χ0n) is 16.1. The van der Waals surface area contributed by atoms with Crippen LogP contribution in [0.2, 0.25) is 0 Å². The number of nitrogens with zero attached hydrogens (tertiary/aromatic N) is 2. The fourth-order valence-corrected chi connectivity index (χ4v) is 2.38. The van der Waals surface area contributed by atoms with Crippen LogP contribution < -0.4 is 24.4 Å². The molecule has 2 aromatic carbocycles. The highest BCUT2D eigenvalue weighted by Gasteiger charge is 2.16. The molecule has 0 aliphatic heterocycles. The Morgan fingerprint density at radius 2 is 1.64 bits per heavy atom. The van der Waals surface area contributed by atoms with Crippen LogP contribution in [0, 0.1) is 11.3 Å². The second kappa shape index (κ2) is 9.83. The van der Waals surface area contributed by atoms with Crippen molar-refractivity contribution in [3.05, 3.63) is 47.5 Å². The maximum Gasteiger partial charge on any atom is 0.271 e. The second-order valence-corrected chi connectivity index (χ2v) is 5.52. The van der Waals surface area contributed by atoms with Gasteiger partial charge in [0.05, 0.1) is 27.0 Å². The molecule has 8 nitrogen and oxygen atoms in total. The van der Waals surface area contributed by atoms with Gasteiger partial charge in [-0.1, -0.05) is 0 Å². The van der Waals surface area contributed by atoms with E-state index in [2.05, 4.69) is 10.5 Å². The quantitative estimate of drug-likeness (QED) is 0.555. The molecule has 0 saturated heterocycles. The van der Waals surface area contributed by atoms with Gasteiger partial charge in [0.2, 0.25) is 5.75 Å². The van der Waals surface area contributed by atoms with Crippen LogP contribution in [0.1, 0.15) is 22.8 Å². The molecule has 0 heterocycles. The van der Waals surface area contributed by atoms with Crippen LogP contribution in [0.25, 0.3) is 0 Å². The normalized spacial score (nSPS) is 10.6. The highest BCUT2D eigenvalue weighted by molar-refractivity contribution is 6.01. The molecule has 2 rings (SSSR count). The summed E-state index contributed by atoms with van der Waals surface area (Å²) in [6, 6.07) is 12.0. The maximum absolute atomic E-state index is 12.5. The van der Waals surface area contributed by atoms with Crippen molar-refractivity contribution in [1.29, 1.82) is 5.26 Å². The van der Waals surface area contributed by atoms with Crippen molar-refractivity contribution in [2.24, 2.45) is 5.10 Å². The van der Waals surface area contributed by atoms with Gasteiger partial charge in [-0.3, -0.25) is 4.79 Å². The molecule has 146 valence electrons.